The number of primary amides is 1. The van der Waals surface area contributed by atoms with Crippen molar-refractivity contribution in [3.8, 4) is 6.07 Å². The van der Waals surface area contributed by atoms with E-state index in [0.717, 1.165) is 0 Å². The fourth-order valence-electron chi connectivity index (χ4n) is 2.62. The van der Waals surface area contributed by atoms with Crippen LogP contribution in [-0.2, 0) is 7.05 Å². The lowest BCUT2D eigenvalue weighted by Crippen LogP contribution is -2.32. The first-order chi connectivity index (χ1) is 11.5. The predicted molar refractivity (Wildman–Crippen MR) is 94.1 cm³/mol. The van der Waals surface area contributed by atoms with Gasteiger partial charge in [-0.05, 0) is 40.2 Å². The van der Waals surface area contributed by atoms with Crippen molar-refractivity contribution in [2.75, 3.05) is 4.90 Å². The minimum atomic E-state index is -0.711. The number of nitriles is 1. The monoisotopic (exact) mass is 385 g/mol. The molecule has 8 heteroatoms. The van der Waals surface area contributed by atoms with Crippen LogP contribution < -0.4 is 16.3 Å². The lowest BCUT2D eigenvalue weighted by molar-refractivity contribution is 0.256. The van der Waals surface area contributed by atoms with Gasteiger partial charge in [0, 0.05) is 11.5 Å². The zero-order valence-corrected chi connectivity index (χ0v) is 14.2. The van der Waals surface area contributed by atoms with E-state index in [0.29, 0.717) is 32.4 Å². The normalized spacial score (nSPS) is 10.5. The summed E-state index contributed by atoms with van der Waals surface area (Å²) in [7, 11) is 1.55. The highest BCUT2D eigenvalue weighted by molar-refractivity contribution is 9.10. The zero-order chi connectivity index (χ0) is 17.4. The average molecular weight is 386 g/mol. The third-order valence-corrected chi connectivity index (χ3v) is 4.37. The van der Waals surface area contributed by atoms with E-state index in [1.54, 1.807) is 37.4 Å². The number of anilines is 2. The molecule has 0 saturated carbocycles. The van der Waals surface area contributed by atoms with Crippen LogP contribution in [0, 0.1) is 11.3 Å². The lowest BCUT2D eigenvalue weighted by Gasteiger charge is -2.22. The van der Waals surface area contributed by atoms with Crippen LogP contribution in [0.1, 0.15) is 5.56 Å². The molecule has 1 heterocycles. The summed E-state index contributed by atoms with van der Waals surface area (Å²) in [6, 6.07) is 11.6. The number of para-hydroxylation sites is 1. The van der Waals surface area contributed by atoms with Crippen LogP contribution in [0.5, 0.6) is 0 Å². The number of nitrogens with zero attached hydrogens (tertiary/aromatic N) is 3. The van der Waals surface area contributed by atoms with Gasteiger partial charge >= 0.3 is 11.7 Å². The molecule has 2 aromatic carbocycles. The fraction of sp³-hybridized carbons (Fsp3) is 0.0625. The number of benzene rings is 2. The van der Waals surface area contributed by atoms with Gasteiger partial charge in [-0.15, -0.1) is 0 Å². The number of nitrogens with two attached hydrogens (primary N) is 1. The van der Waals surface area contributed by atoms with E-state index in [4.69, 9.17) is 5.73 Å². The molecule has 0 unspecified atom stereocenters. The van der Waals surface area contributed by atoms with Crippen molar-refractivity contribution in [1.29, 1.82) is 5.26 Å². The molecule has 3 aromatic rings. The number of H-pyrrole nitrogens is 1. The maximum atomic E-state index is 12.1. The van der Waals surface area contributed by atoms with Gasteiger partial charge in [-0.25, -0.2) is 9.59 Å². The molecule has 0 saturated heterocycles. The van der Waals surface area contributed by atoms with Crippen molar-refractivity contribution in [2.45, 2.75) is 0 Å². The quantitative estimate of drug-likeness (QED) is 0.707. The lowest BCUT2D eigenvalue weighted by atomic mass is 10.1. The fourth-order valence-corrected chi connectivity index (χ4v) is 3.08. The van der Waals surface area contributed by atoms with Gasteiger partial charge in [0.2, 0.25) is 0 Å². The Kier molecular flexibility index (Phi) is 3.87. The number of halogens is 1. The van der Waals surface area contributed by atoms with Crippen LogP contribution in [0.25, 0.3) is 11.0 Å². The summed E-state index contributed by atoms with van der Waals surface area (Å²) < 4.78 is 2.00. The second kappa shape index (κ2) is 5.86. The molecule has 0 spiro atoms. The SMILES string of the molecule is Cn1c(=O)[nH]c2c(N(C(N)=O)c3ccccc3Br)ccc(C#N)c21. The van der Waals surface area contributed by atoms with Crippen molar-refractivity contribution in [2.24, 2.45) is 12.8 Å². The number of amides is 2. The molecule has 7 nitrogen and oxygen atoms in total. The molecule has 0 bridgehead atoms. The molecular weight excluding hydrogens is 374 g/mol. The smallest absolute Gasteiger partial charge is 0.326 e. The van der Waals surface area contributed by atoms with Gasteiger partial charge in [0.1, 0.15) is 6.07 Å². The highest BCUT2D eigenvalue weighted by Crippen LogP contribution is 2.35. The topological polar surface area (TPSA) is 108 Å². The number of hydrogen-bond donors (Lipinski definition) is 2. The summed E-state index contributed by atoms with van der Waals surface area (Å²) in [6.07, 6.45) is 0. The highest BCUT2D eigenvalue weighted by atomic mass is 79.9. The molecule has 3 N–H and O–H groups in total. The minimum Gasteiger partial charge on any atom is -0.351 e. The van der Waals surface area contributed by atoms with Crippen molar-refractivity contribution >= 4 is 44.4 Å². The number of aromatic amines is 1. The Morgan fingerprint density at radius 3 is 2.62 bits per heavy atom. The summed E-state index contributed by atoms with van der Waals surface area (Å²) >= 11 is 3.40. The minimum absolute atomic E-state index is 0.325. The molecule has 120 valence electrons. The van der Waals surface area contributed by atoms with Crippen LogP contribution in [0.4, 0.5) is 16.2 Å². The maximum absolute atomic E-state index is 12.1. The summed E-state index contributed by atoms with van der Waals surface area (Å²) in [5, 5.41) is 9.28. The number of imidazole rings is 1. The van der Waals surface area contributed by atoms with Crippen LogP contribution in [0.15, 0.2) is 45.7 Å². The van der Waals surface area contributed by atoms with Gasteiger partial charge in [-0.2, -0.15) is 5.26 Å². The summed E-state index contributed by atoms with van der Waals surface area (Å²) in [5.41, 5.74) is 7.22. The Morgan fingerprint density at radius 2 is 2.00 bits per heavy atom. The largest absolute Gasteiger partial charge is 0.351 e. The summed E-state index contributed by atoms with van der Waals surface area (Å²) in [6.45, 7) is 0. The average Bonchev–Trinajstić information content (AvgIpc) is 2.85. The second-order valence-corrected chi connectivity index (χ2v) is 5.94. The number of rotatable bonds is 2. The van der Waals surface area contributed by atoms with Crippen molar-refractivity contribution in [1.82, 2.24) is 9.55 Å². The van der Waals surface area contributed by atoms with E-state index >= 15 is 0 Å². The Morgan fingerprint density at radius 1 is 1.29 bits per heavy atom. The summed E-state index contributed by atoms with van der Waals surface area (Å²) in [5.74, 6) is 0. The van der Waals surface area contributed by atoms with Gasteiger partial charge in [-0.1, -0.05) is 12.1 Å². The number of carbonyl (C=O) groups excluding carboxylic acids is 1. The number of carbonyl (C=O) groups is 1. The first-order valence-electron chi connectivity index (χ1n) is 6.91. The van der Waals surface area contributed by atoms with Crippen molar-refractivity contribution in [3.05, 3.63) is 56.9 Å². The third kappa shape index (κ3) is 2.35. The molecular formula is C16H12BrN5O2. The molecule has 3 rings (SSSR count). The van der Waals surface area contributed by atoms with E-state index in [-0.39, 0.29) is 5.69 Å². The molecule has 0 radical (unpaired) electrons. The van der Waals surface area contributed by atoms with Crippen LogP contribution in [0.3, 0.4) is 0 Å². The Labute approximate surface area is 145 Å². The van der Waals surface area contributed by atoms with Gasteiger partial charge in [0.15, 0.2) is 0 Å². The van der Waals surface area contributed by atoms with Crippen LogP contribution in [-0.4, -0.2) is 15.6 Å². The van der Waals surface area contributed by atoms with E-state index in [1.807, 2.05) is 12.1 Å². The molecule has 0 aliphatic heterocycles. The number of hydrogen-bond acceptors (Lipinski definition) is 3. The molecule has 2 amide bonds. The summed E-state index contributed by atoms with van der Waals surface area (Å²) in [4.78, 5) is 28.1. The van der Waals surface area contributed by atoms with Gasteiger partial charge in [-0.3, -0.25) is 9.47 Å². The van der Waals surface area contributed by atoms with E-state index < -0.39 is 6.03 Å². The molecule has 1 aromatic heterocycles. The number of fused-ring (bicyclic) bond motifs is 1. The number of aryl methyl sites for hydroxylation is 1. The predicted octanol–water partition coefficient (Wildman–Crippen LogP) is 2.72. The maximum Gasteiger partial charge on any atom is 0.326 e. The molecule has 0 atom stereocenters. The number of urea groups is 1. The van der Waals surface area contributed by atoms with E-state index in [9.17, 15) is 14.9 Å². The highest BCUT2D eigenvalue weighted by Gasteiger charge is 2.23. The van der Waals surface area contributed by atoms with Crippen LogP contribution in [0.2, 0.25) is 0 Å². The van der Waals surface area contributed by atoms with E-state index in [1.165, 1.54) is 9.47 Å². The Bertz CT molecular complexity index is 1060. The first-order valence-corrected chi connectivity index (χ1v) is 7.71. The number of aromatic nitrogens is 2. The second-order valence-electron chi connectivity index (χ2n) is 5.08. The molecule has 0 fully saturated rings. The molecule has 24 heavy (non-hydrogen) atoms. The van der Waals surface area contributed by atoms with Crippen molar-refractivity contribution < 1.29 is 4.79 Å². The van der Waals surface area contributed by atoms with Gasteiger partial charge < -0.3 is 10.7 Å². The zero-order valence-electron chi connectivity index (χ0n) is 12.6. The van der Waals surface area contributed by atoms with E-state index in [2.05, 4.69) is 20.9 Å². The molecule has 0 aliphatic carbocycles. The van der Waals surface area contributed by atoms with Crippen molar-refractivity contribution in [3.63, 3.8) is 0 Å². The van der Waals surface area contributed by atoms with Gasteiger partial charge in [0.05, 0.1) is 28.0 Å². The number of nitrogens with one attached hydrogen (secondary N) is 1. The third-order valence-electron chi connectivity index (χ3n) is 3.70. The standard InChI is InChI=1S/C16H12BrN5O2/c1-21-14-9(8-18)6-7-12(13(14)20-16(21)24)22(15(19)23)11-5-3-2-4-10(11)17/h2-7H,1H3,(H2,19,23)(H,20,24). The van der Waals surface area contributed by atoms with Crippen LogP contribution >= 0.6 is 15.9 Å². The van der Waals surface area contributed by atoms with Gasteiger partial charge in [0.25, 0.3) is 0 Å². The molecule has 0 aliphatic rings. The first kappa shape index (κ1) is 15.8. The Balaban J connectivity index is 2.38. The Hall–Kier alpha value is -3.05.